The van der Waals surface area contributed by atoms with Crippen molar-refractivity contribution in [1.29, 1.82) is 0 Å². The molecule has 3 rings (SSSR count). The molecular formula is C19H23N3O2. The predicted octanol–water partition coefficient (Wildman–Crippen LogP) is 3.69. The fraction of sp³-hybridized carbons (Fsp3) is 0.368. The Morgan fingerprint density at radius 3 is 2.67 bits per heavy atom. The second kappa shape index (κ2) is 6.91. The molecule has 1 aromatic carbocycles. The van der Waals surface area contributed by atoms with Crippen molar-refractivity contribution in [3.05, 3.63) is 53.2 Å². The van der Waals surface area contributed by atoms with Crippen molar-refractivity contribution in [1.82, 2.24) is 9.88 Å². The lowest BCUT2D eigenvalue weighted by molar-refractivity contribution is 0.189. The first-order valence-electron chi connectivity index (χ1n) is 8.24. The van der Waals surface area contributed by atoms with Crippen LogP contribution in [0.5, 0.6) is 5.88 Å². The van der Waals surface area contributed by atoms with Gasteiger partial charge in [-0.15, -0.1) is 0 Å². The molecule has 2 amide bonds. The molecule has 5 heteroatoms. The van der Waals surface area contributed by atoms with Crippen LogP contribution < -0.4 is 10.1 Å². The van der Waals surface area contributed by atoms with Crippen LogP contribution in [0.4, 0.5) is 10.5 Å². The molecule has 24 heavy (non-hydrogen) atoms. The van der Waals surface area contributed by atoms with Gasteiger partial charge in [-0.05, 0) is 50.1 Å². The van der Waals surface area contributed by atoms with Gasteiger partial charge in [0.1, 0.15) is 6.10 Å². The maximum Gasteiger partial charge on any atom is 0.321 e. The largest absolute Gasteiger partial charge is 0.472 e. The minimum Gasteiger partial charge on any atom is -0.472 e. The second-order valence-corrected chi connectivity index (χ2v) is 6.40. The molecule has 1 aliphatic rings. The van der Waals surface area contributed by atoms with Gasteiger partial charge in [0.15, 0.2) is 0 Å². The van der Waals surface area contributed by atoms with Crippen LogP contribution in [-0.2, 0) is 0 Å². The lowest BCUT2D eigenvalue weighted by Gasteiger charge is -2.18. The van der Waals surface area contributed by atoms with Crippen molar-refractivity contribution >= 4 is 11.7 Å². The number of benzene rings is 1. The molecule has 0 bridgehead atoms. The third kappa shape index (κ3) is 4.04. The summed E-state index contributed by atoms with van der Waals surface area (Å²) in [7, 11) is 0. The molecule has 126 valence electrons. The van der Waals surface area contributed by atoms with Gasteiger partial charge in [0.05, 0.1) is 6.54 Å². The summed E-state index contributed by atoms with van der Waals surface area (Å²) < 4.78 is 5.89. The summed E-state index contributed by atoms with van der Waals surface area (Å²) in [6.45, 7) is 7.25. The van der Waals surface area contributed by atoms with Crippen molar-refractivity contribution < 1.29 is 9.53 Å². The number of hydrogen-bond donors (Lipinski definition) is 1. The Kier molecular flexibility index (Phi) is 4.69. The summed E-state index contributed by atoms with van der Waals surface area (Å²) in [5, 5.41) is 2.97. The van der Waals surface area contributed by atoms with Gasteiger partial charge in [0.2, 0.25) is 5.88 Å². The molecule has 1 saturated heterocycles. The number of likely N-dealkylation sites (tertiary alicyclic amines) is 1. The number of anilines is 1. The van der Waals surface area contributed by atoms with E-state index in [0.717, 1.165) is 28.9 Å². The first-order chi connectivity index (χ1) is 11.5. The number of amides is 2. The molecule has 0 radical (unpaired) electrons. The number of rotatable bonds is 3. The van der Waals surface area contributed by atoms with Crippen LogP contribution in [0.3, 0.4) is 0 Å². The molecule has 1 unspecified atom stereocenters. The van der Waals surface area contributed by atoms with Gasteiger partial charge in [-0.25, -0.2) is 9.78 Å². The Bertz CT molecular complexity index is 725. The molecule has 5 nitrogen and oxygen atoms in total. The normalized spacial score (nSPS) is 17.0. The SMILES string of the molecule is Cc1cc(C)cc(NC(=O)N2CCC(Oc3cccc(C)n3)C2)c1. The lowest BCUT2D eigenvalue weighted by atomic mass is 10.1. The maximum absolute atomic E-state index is 12.4. The highest BCUT2D eigenvalue weighted by Gasteiger charge is 2.28. The van der Waals surface area contributed by atoms with Crippen LogP contribution in [0.15, 0.2) is 36.4 Å². The fourth-order valence-electron chi connectivity index (χ4n) is 3.01. The summed E-state index contributed by atoms with van der Waals surface area (Å²) in [6, 6.07) is 11.7. The summed E-state index contributed by atoms with van der Waals surface area (Å²) >= 11 is 0. The van der Waals surface area contributed by atoms with Crippen molar-refractivity contribution in [2.45, 2.75) is 33.3 Å². The average molecular weight is 325 g/mol. The third-order valence-corrected chi connectivity index (χ3v) is 4.06. The van der Waals surface area contributed by atoms with E-state index in [1.165, 1.54) is 0 Å². The van der Waals surface area contributed by atoms with Gasteiger partial charge in [-0.2, -0.15) is 0 Å². The Morgan fingerprint density at radius 1 is 1.21 bits per heavy atom. The molecule has 1 aromatic heterocycles. The zero-order valence-corrected chi connectivity index (χ0v) is 14.4. The Morgan fingerprint density at radius 2 is 1.96 bits per heavy atom. The average Bonchev–Trinajstić information content (AvgIpc) is 2.94. The number of carbonyl (C=O) groups excluding carboxylic acids is 1. The molecule has 0 saturated carbocycles. The number of nitrogens with one attached hydrogen (secondary N) is 1. The third-order valence-electron chi connectivity index (χ3n) is 4.06. The van der Waals surface area contributed by atoms with E-state index in [0.29, 0.717) is 19.0 Å². The van der Waals surface area contributed by atoms with Crippen LogP contribution in [0.1, 0.15) is 23.2 Å². The van der Waals surface area contributed by atoms with Gasteiger partial charge in [-0.3, -0.25) is 0 Å². The van der Waals surface area contributed by atoms with Crippen LogP contribution in [0.25, 0.3) is 0 Å². The van der Waals surface area contributed by atoms with E-state index in [-0.39, 0.29) is 12.1 Å². The van der Waals surface area contributed by atoms with Gasteiger partial charge in [0.25, 0.3) is 0 Å². The standard InChI is InChI=1S/C19H23N3O2/c1-13-9-14(2)11-16(10-13)21-19(23)22-8-7-17(12-22)24-18-6-4-5-15(3)20-18/h4-6,9-11,17H,7-8,12H2,1-3H3,(H,21,23). The Labute approximate surface area is 142 Å². The number of ether oxygens (including phenoxy) is 1. The quantitative estimate of drug-likeness (QED) is 0.936. The molecule has 0 spiro atoms. The molecule has 1 fully saturated rings. The van der Waals surface area contributed by atoms with E-state index < -0.39 is 0 Å². The van der Waals surface area contributed by atoms with Gasteiger partial charge < -0.3 is 15.0 Å². The van der Waals surface area contributed by atoms with Crippen LogP contribution in [0, 0.1) is 20.8 Å². The van der Waals surface area contributed by atoms with Gasteiger partial charge >= 0.3 is 6.03 Å². The van der Waals surface area contributed by atoms with E-state index in [1.807, 2.05) is 51.1 Å². The molecule has 0 aliphatic carbocycles. The number of aromatic nitrogens is 1. The molecule has 1 aliphatic heterocycles. The predicted molar refractivity (Wildman–Crippen MR) is 94.5 cm³/mol. The minimum absolute atomic E-state index is 0.00991. The zero-order valence-electron chi connectivity index (χ0n) is 14.4. The molecule has 2 aromatic rings. The van der Waals surface area contributed by atoms with Crippen LogP contribution in [-0.4, -0.2) is 35.1 Å². The number of carbonyl (C=O) groups is 1. The van der Waals surface area contributed by atoms with E-state index in [9.17, 15) is 4.79 Å². The van der Waals surface area contributed by atoms with Gasteiger partial charge in [-0.1, -0.05) is 12.1 Å². The number of pyridine rings is 1. The smallest absolute Gasteiger partial charge is 0.321 e. The van der Waals surface area contributed by atoms with E-state index in [4.69, 9.17) is 4.74 Å². The second-order valence-electron chi connectivity index (χ2n) is 6.40. The van der Waals surface area contributed by atoms with Crippen LogP contribution >= 0.6 is 0 Å². The molecule has 1 atom stereocenters. The molecule has 2 heterocycles. The topological polar surface area (TPSA) is 54.5 Å². The van der Waals surface area contributed by atoms with Crippen molar-refractivity contribution in [3.63, 3.8) is 0 Å². The van der Waals surface area contributed by atoms with E-state index in [1.54, 1.807) is 4.90 Å². The highest BCUT2D eigenvalue weighted by atomic mass is 16.5. The summed E-state index contributed by atoms with van der Waals surface area (Å²) in [5.74, 6) is 0.622. The Balaban J connectivity index is 1.57. The summed E-state index contributed by atoms with van der Waals surface area (Å²) in [5.41, 5.74) is 4.04. The number of urea groups is 1. The number of nitrogens with zero attached hydrogens (tertiary/aromatic N) is 2. The zero-order chi connectivity index (χ0) is 17.1. The number of hydrogen-bond acceptors (Lipinski definition) is 3. The first kappa shape index (κ1) is 16.3. The summed E-state index contributed by atoms with van der Waals surface area (Å²) in [4.78, 5) is 18.6. The lowest BCUT2D eigenvalue weighted by Crippen LogP contribution is -2.34. The van der Waals surface area contributed by atoms with Crippen molar-refractivity contribution in [2.75, 3.05) is 18.4 Å². The van der Waals surface area contributed by atoms with E-state index >= 15 is 0 Å². The molecule has 1 N–H and O–H groups in total. The maximum atomic E-state index is 12.4. The highest BCUT2D eigenvalue weighted by molar-refractivity contribution is 5.89. The van der Waals surface area contributed by atoms with Crippen molar-refractivity contribution in [3.8, 4) is 5.88 Å². The highest BCUT2D eigenvalue weighted by Crippen LogP contribution is 2.19. The fourth-order valence-corrected chi connectivity index (χ4v) is 3.01. The van der Waals surface area contributed by atoms with E-state index in [2.05, 4.69) is 16.4 Å². The van der Waals surface area contributed by atoms with Crippen LogP contribution in [0.2, 0.25) is 0 Å². The summed E-state index contributed by atoms with van der Waals surface area (Å²) in [6.07, 6.45) is 0.805. The van der Waals surface area contributed by atoms with Gasteiger partial charge in [0, 0.05) is 30.4 Å². The Hall–Kier alpha value is -2.56. The molecular weight excluding hydrogens is 302 g/mol. The van der Waals surface area contributed by atoms with Crippen molar-refractivity contribution in [2.24, 2.45) is 0 Å². The monoisotopic (exact) mass is 325 g/mol. The minimum atomic E-state index is -0.0803. The number of aryl methyl sites for hydroxylation is 3. The first-order valence-corrected chi connectivity index (χ1v) is 8.24.